The molecule has 0 saturated heterocycles. The zero-order chi connectivity index (χ0) is 25.3. The number of halogens is 3. The normalized spacial score (nSPS) is 11.5. The molecular weight excluding hydrogens is 514 g/mol. The van der Waals surface area contributed by atoms with Crippen molar-refractivity contribution in [2.75, 3.05) is 0 Å². The van der Waals surface area contributed by atoms with Crippen LogP contribution in [0.2, 0.25) is 10.0 Å². The van der Waals surface area contributed by atoms with Gasteiger partial charge in [0.2, 0.25) is 9.84 Å². The predicted molar refractivity (Wildman–Crippen MR) is 131 cm³/mol. The number of nitrogens with zero attached hydrogens (tertiary/aromatic N) is 2. The average molecular weight is 533 g/mol. The van der Waals surface area contributed by atoms with E-state index < -0.39 is 28.2 Å². The van der Waals surface area contributed by atoms with Gasteiger partial charge >= 0.3 is 5.97 Å². The number of sulfone groups is 1. The van der Waals surface area contributed by atoms with Gasteiger partial charge in [-0.25, -0.2) is 17.6 Å². The van der Waals surface area contributed by atoms with Gasteiger partial charge in [0.25, 0.3) is 0 Å². The highest BCUT2D eigenvalue weighted by Gasteiger charge is 2.31. The Morgan fingerprint density at radius 2 is 1.74 bits per heavy atom. The molecule has 4 aromatic rings. The van der Waals surface area contributed by atoms with Gasteiger partial charge in [0, 0.05) is 12.6 Å². The van der Waals surface area contributed by atoms with Gasteiger partial charge in [0.05, 0.1) is 26.1 Å². The Labute approximate surface area is 211 Å². The molecule has 0 N–H and O–H groups in total. The number of hydrogen-bond donors (Lipinski definition) is 0. The molecule has 1 heterocycles. The Kier molecular flexibility index (Phi) is 6.98. The minimum Gasteiger partial charge on any atom is -0.457 e. The first-order valence-electron chi connectivity index (χ1n) is 10.3. The number of esters is 1. The molecule has 0 spiro atoms. The summed E-state index contributed by atoms with van der Waals surface area (Å²) >= 11 is 11.9. The lowest BCUT2D eigenvalue weighted by Crippen LogP contribution is -2.13. The molecule has 0 bridgehead atoms. The lowest BCUT2D eigenvalue weighted by molar-refractivity contribution is 0.0469. The van der Waals surface area contributed by atoms with E-state index in [4.69, 9.17) is 27.9 Å². The maximum absolute atomic E-state index is 14.0. The maximum Gasteiger partial charge on any atom is 0.338 e. The summed E-state index contributed by atoms with van der Waals surface area (Å²) in [6, 6.07) is 16.7. The molecule has 4 rings (SSSR count). The molecule has 180 valence electrons. The number of hydrogen-bond acceptors (Lipinski definition) is 5. The molecule has 3 aromatic carbocycles. The van der Waals surface area contributed by atoms with Crippen molar-refractivity contribution in [3.05, 3.63) is 99.3 Å². The number of carbonyl (C=O) groups excluding carboxylic acids is 1. The fourth-order valence-corrected chi connectivity index (χ4v) is 5.79. The van der Waals surface area contributed by atoms with Crippen molar-refractivity contribution in [2.24, 2.45) is 7.05 Å². The first-order chi connectivity index (χ1) is 16.6. The summed E-state index contributed by atoms with van der Waals surface area (Å²) in [5.74, 6) is -1.41. The van der Waals surface area contributed by atoms with E-state index in [0.717, 1.165) is 6.07 Å². The topological polar surface area (TPSA) is 78.3 Å². The van der Waals surface area contributed by atoms with E-state index in [1.807, 2.05) is 6.07 Å². The highest BCUT2D eigenvalue weighted by Crippen LogP contribution is 2.34. The van der Waals surface area contributed by atoms with E-state index >= 15 is 0 Å². The van der Waals surface area contributed by atoms with Crippen LogP contribution in [0.15, 0.2) is 76.7 Å². The van der Waals surface area contributed by atoms with Crippen molar-refractivity contribution in [1.82, 2.24) is 9.78 Å². The Bertz CT molecular complexity index is 1540. The second-order valence-corrected chi connectivity index (χ2v) is 10.4. The van der Waals surface area contributed by atoms with Crippen molar-refractivity contribution in [3.8, 4) is 11.3 Å². The molecule has 1 aromatic heterocycles. The van der Waals surface area contributed by atoms with Crippen LogP contribution in [-0.2, 0) is 28.2 Å². The quantitative estimate of drug-likeness (QED) is 0.283. The molecule has 0 fully saturated rings. The number of rotatable bonds is 6. The van der Waals surface area contributed by atoms with Crippen LogP contribution in [0.4, 0.5) is 4.39 Å². The Morgan fingerprint density at radius 1 is 1.03 bits per heavy atom. The van der Waals surface area contributed by atoms with Gasteiger partial charge in [0.15, 0.2) is 5.03 Å². The number of ether oxygens (including phenoxy) is 1. The standard InChI is InChI=1S/C25H19Cl2FN2O4S/c1-15-8-10-18(28)13-22(15)35(32,33)24-19(23(29-30(24)2)16-6-4-3-5-7-16)14-34-25(31)17-9-11-20(26)21(27)12-17/h3-13H,14H2,1-2H3. The fourth-order valence-electron chi connectivity index (χ4n) is 3.66. The number of aromatic nitrogens is 2. The highest BCUT2D eigenvalue weighted by molar-refractivity contribution is 7.91. The summed E-state index contributed by atoms with van der Waals surface area (Å²) in [5, 5.41) is 4.67. The van der Waals surface area contributed by atoms with E-state index in [2.05, 4.69) is 5.10 Å². The molecular formula is C25H19Cl2FN2O4S. The van der Waals surface area contributed by atoms with Crippen molar-refractivity contribution in [3.63, 3.8) is 0 Å². The smallest absolute Gasteiger partial charge is 0.338 e. The lowest BCUT2D eigenvalue weighted by Gasteiger charge is -2.12. The SMILES string of the molecule is Cc1ccc(F)cc1S(=O)(=O)c1c(COC(=O)c2ccc(Cl)c(Cl)c2)c(-c2ccccc2)nn1C. The predicted octanol–water partition coefficient (Wildman–Crippen LogP) is 6.03. The number of benzene rings is 3. The Balaban J connectivity index is 1.82. The zero-order valence-corrected chi connectivity index (χ0v) is 21.0. The van der Waals surface area contributed by atoms with Crippen molar-refractivity contribution < 1.29 is 22.3 Å². The third kappa shape index (κ3) is 4.96. The second-order valence-electron chi connectivity index (χ2n) is 7.74. The molecule has 0 atom stereocenters. The molecule has 35 heavy (non-hydrogen) atoms. The van der Waals surface area contributed by atoms with Crippen LogP contribution in [0.25, 0.3) is 11.3 Å². The van der Waals surface area contributed by atoms with Crippen molar-refractivity contribution in [2.45, 2.75) is 23.5 Å². The molecule has 0 aliphatic rings. The van der Waals surface area contributed by atoms with E-state index in [-0.39, 0.29) is 31.1 Å². The fraction of sp³-hybridized carbons (Fsp3) is 0.120. The van der Waals surface area contributed by atoms with Crippen molar-refractivity contribution in [1.29, 1.82) is 0 Å². The molecule has 0 aliphatic heterocycles. The van der Waals surface area contributed by atoms with Gasteiger partial charge in [-0.05, 0) is 42.8 Å². The van der Waals surface area contributed by atoms with Crippen LogP contribution in [0.3, 0.4) is 0 Å². The van der Waals surface area contributed by atoms with Crippen LogP contribution in [0, 0.1) is 12.7 Å². The van der Waals surface area contributed by atoms with Crippen LogP contribution in [0.1, 0.15) is 21.5 Å². The molecule has 0 amide bonds. The van der Waals surface area contributed by atoms with Gasteiger partial charge in [-0.1, -0.05) is 59.6 Å². The van der Waals surface area contributed by atoms with Gasteiger partial charge in [-0.15, -0.1) is 0 Å². The summed E-state index contributed by atoms with van der Waals surface area (Å²) in [7, 11) is -2.76. The maximum atomic E-state index is 14.0. The van der Waals surface area contributed by atoms with E-state index in [0.29, 0.717) is 16.8 Å². The number of aryl methyl sites for hydroxylation is 2. The largest absolute Gasteiger partial charge is 0.457 e. The molecule has 10 heteroatoms. The lowest BCUT2D eigenvalue weighted by atomic mass is 10.1. The van der Waals surface area contributed by atoms with Crippen LogP contribution < -0.4 is 0 Å². The molecule has 0 aliphatic carbocycles. The summed E-state index contributed by atoms with van der Waals surface area (Å²) < 4.78 is 48.0. The highest BCUT2D eigenvalue weighted by atomic mass is 35.5. The van der Waals surface area contributed by atoms with Crippen molar-refractivity contribution >= 4 is 39.0 Å². The third-order valence-corrected chi connectivity index (χ3v) is 8.11. The first-order valence-corrected chi connectivity index (χ1v) is 12.6. The average Bonchev–Trinajstić information content (AvgIpc) is 3.18. The summed E-state index contributed by atoms with van der Waals surface area (Å²) in [5.41, 5.74) is 1.63. The zero-order valence-electron chi connectivity index (χ0n) is 18.6. The van der Waals surface area contributed by atoms with E-state index in [1.54, 1.807) is 31.2 Å². The van der Waals surface area contributed by atoms with E-state index in [1.165, 1.54) is 42.1 Å². The molecule has 6 nitrogen and oxygen atoms in total. The third-order valence-electron chi connectivity index (χ3n) is 5.33. The second kappa shape index (κ2) is 9.81. The van der Waals surface area contributed by atoms with Gasteiger partial charge in [-0.2, -0.15) is 5.10 Å². The monoisotopic (exact) mass is 532 g/mol. The summed E-state index contributed by atoms with van der Waals surface area (Å²) in [6.45, 7) is 1.17. The van der Waals surface area contributed by atoms with Gasteiger partial charge in [0.1, 0.15) is 18.1 Å². The molecule has 0 radical (unpaired) electrons. The summed E-state index contributed by atoms with van der Waals surface area (Å²) in [6.07, 6.45) is 0. The minimum absolute atomic E-state index is 0.148. The van der Waals surface area contributed by atoms with Gasteiger partial charge < -0.3 is 4.74 Å². The Hall–Kier alpha value is -3.20. The van der Waals surface area contributed by atoms with Crippen LogP contribution >= 0.6 is 23.2 Å². The minimum atomic E-state index is -4.23. The van der Waals surface area contributed by atoms with E-state index in [9.17, 15) is 17.6 Å². The molecule has 0 saturated carbocycles. The first kappa shape index (κ1) is 24.9. The van der Waals surface area contributed by atoms with Crippen LogP contribution in [-0.4, -0.2) is 24.2 Å². The molecule has 0 unspecified atom stereocenters. The van der Waals surface area contributed by atoms with Crippen LogP contribution in [0.5, 0.6) is 0 Å². The summed E-state index contributed by atoms with van der Waals surface area (Å²) in [4.78, 5) is 12.5. The van der Waals surface area contributed by atoms with Gasteiger partial charge in [-0.3, -0.25) is 4.68 Å². The number of carbonyl (C=O) groups is 1. The Morgan fingerprint density at radius 3 is 2.43 bits per heavy atom.